The van der Waals surface area contributed by atoms with Gasteiger partial charge in [0.2, 0.25) is 6.43 Å². The van der Waals surface area contributed by atoms with Crippen molar-refractivity contribution >= 4 is 17.6 Å². The van der Waals surface area contributed by atoms with Crippen molar-refractivity contribution in [2.45, 2.75) is 11.5 Å². The van der Waals surface area contributed by atoms with Crippen LogP contribution in [0, 0.1) is 0 Å². The number of nitrogen functional groups attached to an aromatic ring is 1. The van der Waals surface area contributed by atoms with Gasteiger partial charge in [0.1, 0.15) is 5.03 Å². The largest absolute Gasteiger partial charge is 0.381 e. The molecule has 1 aromatic rings. The molecule has 1 rings (SSSR count). The second-order valence-electron chi connectivity index (χ2n) is 1.95. The molecule has 66 valence electrons. The van der Waals surface area contributed by atoms with E-state index >= 15 is 0 Å². The Morgan fingerprint density at radius 1 is 1.42 bits per heavy atom. The fourth-order valence-electron chi connectivity index (χ4n) is 0.589. The molecule has 3 nitrogen and oxygen atoms in total. The van der Waals surface area contributed by atoms with Crippen LogP contribution in [0.15, 0.2) is 17.4 Å². The molecule has 12 heavy (non-hydrogen) atoms. The summed E-state index contributed by atoms with van der Waals surface area (Å²) in [5.74, 6) is -0.105. The minimum Gasteiger partial charge on any atom is -0.381 e. The maximum Gasteiger partial charge on any atom is 0.247 e. The third-order valence-electron chi connectivity index (χ3n) is 1.04. The first kappa shape index (κ1) is 9.18. The van der Waals surface area contributed by atoms with Crippen LogP contribution in [0.4, 0.5) is 14.6 Å². The Hall–Kier alpha value is -0.910. The molecular formula is C6H7F2N3S. The minimum atomic E-state index is -2.35. The molecule has 0 aliphatic heterocycles. The number of hydrogen-bond donors (Lipinski definition) is 1. The van der Waals surface area contributed by atoms with E-state index in [9.17, 15) is 8.78 Å². The van der Waals surface area contributed by atoms with Crippen molar-refractivity contribution < 1.29 is 8.78 Å². The molecule has 0 atom stereocenters. The Morgan fingerprint density at radius 2 is 2.08 bits per heavy atom. The van der Waals surface area contributed by atoms with Crippen LogP contribution in [-0.2, 0) is 0 Å². The Labute approximate surface area is 72.4 Å². The van der Waals surface area contributed by atoms with Crippen LogP contribution in [-0.4, -0.2) is 22.1 Å². The third kappa shape index (κ3) is 2.61. The molecular weight excluding hydrogens is 184 g/mol. The van der Waals surface area contributed by atoms with Crippen LogP contribution >= 0.6 is 11.8 Å². The van der Waals surface area contributed by atoms with E-state index in [0.29, 0.717) is 5.03 Å². The average molecular weight is 191 g/mol. The number of anilines is 1. The molecule has 0 saturated heterocycles. The molecule has 0 fully saturated rings. The lowest BCUT2D eigenvalue weighted by atomic mass is 10.7. The molecule has 1 aromatic heterocycles. The van der Waals surface area contributed by atoms with E-state index in [1.807, 2.05) is 0 Å². The van der Waals surface area contributed by atoms with Crippen LogP contribution in [0.1, 0.15) is 0 Å². The molecule has 0 spiro atoms. The van der Waals surface area contributed by atoms with Gasteiger partial charge in [0, 0.05) is 12.4 Å². The highest BCUT2D eigenvalue weighted by atomic mass is 32.2. The van der Waals surface area contributed by atoms with Gasteiger partial charge in [0.05, 0.1) is 5.75 Å². The third-order valence-corrected chi connectivity index (χ3v) is 2.04. The van der Waals surface area contributed by atoms with Gasteiger partial charge in [-0.3, -0.25) is 0 Å². The summed E-state index contributed by atoms with van der Waals surface area (Å²) < 4.78 is 23.5. The predicted octanol–water partition coefficient (Wildman–Crippen LogP) is 1.42. The average Bonchev–Trinajstić information content (AvgIpc) is 2.03. The quantitative estimate of drug-likeness (QED) is 0.734. The molecule has 1 heterocycles. The van der Waals surface area contributed by atoms with E-state index in [0.717, 1.165) is 11.8 Å². The summed E-state index contributed by atoms with van der Waals surface area (Å²) >= 11 is 0.907. The van der Waals surface area contributed by atoms with Crippen LogP contribution in [0.2, 0.25) is 0 Å². The van der Waals surface area contributed by atoms with E-state index in [-0.39, 0.29) is 11.6 Å². The monoisotopic (exact) mass is 191 g/mol. The number of nitrogens with zero attached hydrogens (tertiary/aromatic N) is 2. The van der Waals surface area contributed by atoms with E-state index in [1.54, 1.807) is 0 Å². The standard InChI is InChI=1S/C6H7F2N3S/c7-4(8)3-12-6-5(9)10-1-2-11-6/h1-2,4H,3H2,(H2,9,10). The number of rotatable bonds is 3. The zero-order chi connectivity index (χ0) is 8.97. The van der Waals surface area contributed by atoms with Crippen molar-refractivity contribution in [2.75, 3.05) is 11.5 Å². The molecule has 0 radical (unpaired) electrons. The van der Waals surface area contributed by atoms with Gasteiger partial charge in [-0.25, -0.2) is 18.7 Å². The van der Waals surface area contributed by atoms with Crippen molar-refractivity contribution in [2.24, 2.45) is 0 Å². The Kier molecular flexibility index (Phi) is 3.21. The number of aromatic nitrogens is 2. The normalized spacial score (nSPS) is 10.6. The number of halogens is 2. The number of nitrogens with two attached hydrogens (primary N) is 1. The minimum absolute atomic E-state index is 0.197. The molecule has 0 saturated carbocycles. The molecule has 0 amide bonds. The fourth-order valence-corrected chi connectivity index (χ4v) is 1.21. The van der Waals surface area contributed by atoms with Gasteiger partial charge >= 0.3 is 0 Å². The van der Waals surface area contributed by atoms with Gasteiger partial charge in [0.15, 0.2) is 5.82 Å². The maximum absolute atomic E-state index is 11.7. The summed E-state index contributed by atoms with van der Waals surface area (Å²) in [7, 11) is 0. The Bertz CT molecular complexity index is 256. The van der Waals surface area contributed by atoms with Crippen molar-refractivity contribution in [3.05, 3.63) is 12.4 Å². The van der Waals surface area contributed by atoms with Gasteiger partial charge in [-0.15, -0.1) is 0 Å². The molecule has 0 aliphatic rings. The van der Waals surface area contributed by atoms with Gasteiger partial charge in [0.25, 0.3) is 0 Å². The van der Waals surface area contributed by atoms with Gasteiger partial charge in [-0.05, 0) is 0 Å². The summed E-state index contributed by atoms with van der Waals surface area (Å²) in [6.07, 6.45) is 0.489. The summed E-state index contributed by atoms with van der Waals surface area (Å²) in [6, 6.07) is 0. The van der Waals surface area contributed by atoms with Crippen LogP contribution in [0.3, 0.4) is 0 Å². The number of thioether (sulfide) groups is 1. The maximum atomic E-state index is 11.7. The van der Waals surface area contributed by atoms with Crippen LogP contribution in [0.5, 0.6) is 0 Å². The van der Waals surface area contributed by atoms with Gasteiger partial charge in [-0.2, -0.15) is 0 Å². The van der Waals surface area contributed by atoms with Crippen molar-refractivity contribution in [1.29, 1.82) is 0 Å². The Balaban J connectivity index is 2.57. The fraction of sp³-hybridized carbons (Fsp3) is 0.333. The number of alkyl halides is 2. The lowest BCUT2D eigenvalue weighted by Gasteiger charge is -2.00. The summed E-state index contributed by atoms with van der Waals surface area (Å²) in [5.41, 5.74) is 5.37. The van der Waals surface area contributed by atoms with Gasteiger partial charge < -0.3 is 5.73 Å². The first-order valence-corrected chi connectivity index (χ1v) is 4.16. The van der Waals surface area contributed by atoms with E-state index < -0.39 is 6.43 Å². The molecule has 2 N–H and O–H groups in total. The molecule has 0 aliphatic carbocycles. The van der Waals surface area contributed by atoms with E-state index in [2.05, 4.69) is 9.97 Å². The van der Waals surface area contributed by atoms with Crippen molar-refractivity contribution in [3.63, 3.8) is 0 Å². The summed E-state index contributed by atoms with van der Waals surface area (Å²) in [6.45, 7) is 0. The lowest BCUT2D eigenvalue weighted by Crippen LogP contribution is -1.98. The van der Waals surface area contributed by atoms with Crippen molar-refractivity contribution in [3.8, 4) is 0 Å². The predicted molar refractivity (Wildman–Crippen MR) is 43.2 cm³/mol. The zero-order valence-electron chi connectivity index (χ0n) is 6.08. The number of hydrogen-bond acceptors (Lipinski definition) is 4. The van der Waals surface area contributed by atoms with E-state index in [4.69, 9.17) is 5.73 Å². The highest BCUT2D eigenvalue weighted by molar-refractivity contribution is 7.99. The second-order valence-corrected chi connectivity index (χ2v) is 2.96. The molecule has 0 unspecified atom stereocenters. The SMILES string of the molecule is Nc1nccnc1SCC(F)F. The Morgan fingerprint density at radius 3 is 2.67 bits per heavy atom. The molecule has 0 aromatic carbocycles. The van der Waals surface area contributed by atoms with E-state index in [1.165, 1.54) is 12.4 Å². The topological polar surface area (TPSA) is 51.8 Å². The lowest BCUT2D eigenvalue weighted by molar-refractivity contribution is 0.177. The zero-order valence-corrected chi connectivity index (χ0v) is 6.89. The summed E-state index contributed by atoms with van der Waals surface area (Å²) in [4.78, 5) is 7.50. The van der Waals surface area contributed by atoms with Crippen molar-refractivity contribution in [1.82, 2.24) is 9.97 Å². The molecule has 6 heteroatoms. The first-order valence-electron chi connectivity index (χ1n) is 3.17. The molecule has 0 bridgehead atoms. The highest BCUT2D eigenvalue weighted by Gasteiger charge is 2.06. The summed E-state index contributed by atoms with van der Waals surface area (Å²) in [5, 5.41) is 0.359. The van der Waals surface area contributed by atoms with Crippen LogP contribution < -0.4 is 5.73 Å². The first-order chi connectivity index (χ1) is 5.70. The second kappa shape index (κ2) is 4.20. The van der Waals surface area contributed by atoms with Gasteiger partial charge in [-0.1, -0.05) is 11.8 Å². The highest BCUT2D eigenvalue weighted by Crippen LogP contribution is 2.21. The smallest absolute Gasteiger partial charge is 0.247 e. The van der Waals surface area contributed by atoms with Crippen LogP contribution in [0.25, 0.3) is 0 Å².